The minimum atomic E-state index is -0.709. The lowest BCUT2D eigenvalue weighted by Crippen LogP contribution is -2.50. The van der Waals surface area contributed by atoms with Gasteiger partial charge < -0.3 is 16.0 Å². The van der Waals surface area contributed by atoms with E-state index >= 15 is 0 Å². The van der Waals surface area contributed by atoms with Crippen LogP contribution in [-0.2, 0) is 9.59 Å². The first kappa shape index (κ1) is 20.4. The zero-order valence-electron chi connectivity index (χ0n) is 16.4. The van der Waals surface area contributed by atoms with Gasteiger partial charge in [0.1, 0.15) is 6.54 Å². The number of halogens is 1. The van der Waals surface area contributed by atoms with Crippen molar-refractivity contribution in [2.45, 2.75) is 44.7 Å². The van der Waals surface area contributed by atoms with Crippen molar-refractivity contribution in [2.75, 3.05) is 11.4 Å². The van der Waals surface area contributed by atoms with E-state index in [1.807, 2.05) is 57.2 Å². The highest BCUT2D eigenvalue weighted by atomic mass is 35.5. The smallest absolute Gasteiger partial charge is 0.244 e. The number of fused-ring (bicyclic) bond motifs is 1. The lowest BCUT2D eigenvalue weighted by Gasteiger charge is -2.27. The van der Waals surface area contributed by atoms with Crippen molar-refractivity contribution in [1.82, 2.24) is 5.32 Å². The second kappa shape index (κ2) is 7.94. The highest BCUT2D eigenvalue weighted by Crippen LogP contribution is 2.40. The summed E-state index contributed by atoms with van der Waals surface area (Å²) in [5, 5.41) is 3.49. The molecule has 1 aliphatic rings. The molecule has 0 radical (unpaired) electrons. The molecule has 0 saturated heterocycles. The van der Waals surface area contributed by atoms with Crippen molar-refractivity contribution in [1.29, 1.82) is 0 Å². The molecule has 0 aromatic heterocycles. The summed E-state index contributed by atoms with van der Waals surface area (Å²) < 4.78 is 0. The molecule has 2 aromatic carbocycles. The van der Waals surface area contributed by atoms with E-state index in [1.54, 1.807) is 12.1 Å². The summed E-state index contributed by atoms with van der Waals surface area (Å²) >= 11 is 6.28. The predicted molar refractivity (Wildman–Crippen MR) is 113 cm³/mol. The summed E-state index contributed by atoms with van der Waals surface area (Å²) in [7, 11) is 0. The third-order valence-electron chi connectivity index (χ3n) is 4.75. The normalized spacial score (nSPS) is 19.8. The fourth-order valence-electron chi connectivity index (χ4n) is 3.62. The molecule has 0 spiro atoms. The van der Waals surface area contributed by atoms with Gasteiger partial charge in [-0.15, -0.1) is 0 Å². The van der Waals surface area contributed by atoms with Crippen molar-refractivity contribution in [3.63, 3.8) is 0 Å². The number of nitrogens with zero attached hydrogens (tertiary/aromatic N) is 1. The molecule has 2 unspecified atom stereocenters. The molecule has 1 heterocycles. The van der Waals surface area contributed by atoms with Gasteiger partial charge in [-0.2, -0.15) is 0 Å². The van der Waals surface area contributed by atoms with Crippen molar-refractivity contribution in [2.24, 2.45) is 5.73 Å². The van der Waals surface area contributed by atoms with Crippen LogP contribution < -0.4 is 16.0 Å². The number of hydrogen-bond donors (Lipinski definition) is 2. The van der Waals surface area contributed by atoms with Crippen LogP contribution in [0.3, 0.4) is 0 Å². The fourth-order valence-corrected chi connectivity index (χ4v) is 3.80. The Bertz CT molecular complexity index is 877. The monoisotopic (exact) mass is 399 g/mol. The van der Waals surface area contributed by atoms with E-state index in [9.17, 15) is 9.59 Å². The Hall–Kier alpha value is -2.37. The van der Waals surface area contributed by atoms with E-state index in [0.717, 1.165) is 11.1 Å². The maximum Gasteiger partial charge on any atom is 0.244 e. The molecule has 3 N–H and O–H groups in total. The first-order valence-electron chi connectivity index (χ1n) is 9.38. The SMILES string of the molecule is CC(C)(C)NC(=O)CN1C(=O)C(N)CC(c2ccccc2)c2cc(Cl)ccc21. The Kier molecular flexibility index (Phi) is 5.77. The Morgan fingerprint density at radius 3 is 2.54 bits per heavy atom. The van der Waals surface area contributed by atoms with Gasteiger partial charge in [0.25, 0.3) is 0 Å². The average molecular weight is 400 g/mol. The molecule has 0 fully saturated rings. The molecule has 5 nitrogen and oxygen atoms in total. The topological polar surface area (TPSA) is 75.4 Å². The van der Waals surface area contributed by atoms with Crippen LogP contribution in [0.2, 0.25) is 5.02 Å². The third kappa shape index (κ3) is 4.54. The van der Waals surface area contributed by atoms with Gasteiger partial charge in [-0.3, -0.25) is 9.59 Å². The number of benzene rings is 2. The standard InChI is InChI=1S/C22H26ClN3O2/c1-22(2,3)25-20(27)13-26-19-10-9-15(23)11-17(19)16(12-18(24)21(26)28)14-7-5-4-6-8-14/h4-11,16,18H,12-13,24H2,1-3H3,(H,25,27). The van der Waals surface area contributed by atoms with Crippen molar-refractivity contribution in [3.05, 3.63) is 64.7 Å². The number of nitrogens with one attached hydrogen (secondary N) is 1. The summed E-state index contributed by atoms with van der Waals surface area (Å²) in [6, 6.07) is 14.6. The minimum Gasteiger partial charge on any atom is -0.350 e. The number of carbonyl (C=O) groups is 2. The summed E-state index contributed by atoms with van der Waals surface area (Å²) in [6.45, 7) is 5.63. The number of nitrogens with two attached hydrogens (primary N) is 1. The zero-order valence-corrected chi connectivity index (χ0v) is 17.2. The van der Waals surface area contributed by atoms with Gasteiger partial charge >= 0.3 is 0 Å². The first-order valence-corrected chi connectivity index (χ1v) is 9.76. The van der Waals surface area contributed by atoms with Crippen LogP contribution in [0.25, 0.3) is 0 Å². The highest BCUT2D eigenvalue weighted by Gasteiger charge is 2.35. The fraction of sp³-hybridized carbons (Fsp3) is 0.364. The number of anilines is 1. The molecule has 2 aromatic rings. The van der Waals surface area contributed by atoms with Gasteiger partial charge in [0.2, 0.25) is 11.8 Å². The Morgan fingerprint density at radius 2 is 1.89 bits per heavy atom. The van der Waals surface area contributed by atoms with E-state index < -0.39 is 6.04 Å². The van der Waals surface area contributed by atoms with E-state index in [2.05, 4.69) is 5.32 Å². The molecule has 2 atom stereocenters. The van der Waals surface area contributed by atoms with Gasteiger partial charge in [-0.25, -0.2) is 0 Å². The Morgan fingerprint density at radius 1 is 1.21 bits per heavy atom. The van der Waals surface area contributed by atoms with E-state index in [4.69, 9.17) is 17.3 Å². The molecular formula is C22H26ClN3O2. The van der Waals surface area contributed by atoms with E-state index in [0.29, 0.717) is 17.1 Å². The molecule has 3 rings (SSSR count). The minimum absolute atomic E-state index is 0.0791. The highest BCUT2D eigenvalue weighted by molar-refractivity contribution is 6.30. The summed E-state index contributed by atoms with van der Waals surface area (Å²) in [5.41, 5.74) is 8.53. The van der Waals surface area contributed by atoms with Crippen LogP contribution in [0.5, 0.6) is 0 Å². The molecule has 1 aliphatic heterocycles. The zero-order chi connectivity index (χ0) is 20.5. The maximum absolute atomic E-state index is 13.1. The van der Waals surface area contributed by atoms with Crippen LogP contribution in [0.1, 0.15) is 44.2 Å². The van der Waals surface area contributed by atoms with Gasteiger partial charge in [-0.1, -0.05) is 41.9 Å². The molecular weight excluding hydrogens is 374 g/mol. The Labute approximate surface area is 170 Å². The molecule has 0 aliphatic carbocycles. The molecule has 6 heteroatoms. The van der Waals surface area contributed by atoms with Gasteiger partial charge in [0.05, 0.1) is 6.04 Å². The molecule has 0 saturated carbocycles. The maximum atomic E-state index is 13.1. The largest absolute Gasteiger partial charge is 0.350 e. The average Bonchev–Trinajstić information content (AvgIpc) is 2.71. The number of carbonyl (C=O) groups excluding carboxylic acids is 2. The lowest BCUT2D eigenvalue weighted by molar-refractivity contribution is -0.125. The van der Waals surface area contributed by atoms with Gasteiger partial charge in [0, 0.05) is 22.2 Å². The number of amides is 2. The van der Waals surface area contributed by atoms with Crippen molar-refractivity contribution < 1.29 is 9.59 Å². The van der Waals surface area contributed by atoms with Crippen LogP contribution in [0, 0.1) is 0 Å². The first-order chi connectivity index (χ1) is 13.2. The summed E-state index contributed by atoms with van der Waals surface area (Å²) in [5.74, 6) is -0.567. The quantitative estimate of drug-likeness (QED) is 0.829. The van der Waals surface area contributed by atoms with Crippen LogP contribution >= 0.6 is 11.6 Å². The molecule has 148 valence electrons. The predicted octanol–water partition coefficient (Wildman–Crippen LogP) is 3.45. The van der Waals surface area contributed by atoms with Crippen molar-refractivity contribution >= 4 is 29.1 Å². The van der Waals surface area contributed by atoms with Crippen LogP contribution in [-0.4, -0.2) is 29.9 Å². The third-order valence-corrected chi connectivity index (χ3v) is 4.98. The Balaban J connectivity index is 2.05. The number of hydrogen-bond acceptors (Lipinski definition) is 3. The van der Waals surface area contributed by atoms with E-state index in [-0.39, 0.29) is 29.8 Å². The number of rotatable bonds is 3. The van der Waals surface area contributed by atoms with E-state index in [1.165, 1.54) is 4.90 Å². The second-order valence-corrected chi connectivity index (χ2v) is 8.67. The van der Waals surface area contributed by atoms with Crippen LogP contribution in [0.4, 0.5) is 5.69 Å². The lowest BCUT2D eigenvalue weighted by atomic mass is 9.86. The van der Waals surface area contributed by atoms with Crippen LogP contribution in [0.15, 0.2) is 48.5 Å². The van der Waals surface area contributed by atoms with Crippen molar-refractivity contribution in [3.8, 4) is 0 Å². The molecule has 0 bridgehead atoms. The second-order valence-electron chi connectivity index (χ2n) is 8.23. The van der Waals surface area contributed by atoms with Gasteiger partial charge in [-0.05, 0) is 56.5 Å². The summed E-state index contributed by atoms with van der Waals surface area (Å²) in [4.78, 5) is 27.1. The molecule has 2 amide bonds. The molecule has 28 heavy (non-hydrogen) atoms. The van der Waals surface area contributed by atoms with Gasteiger partial charge in [0.15, 0.2) is 0 Å². The summed E-state index contributed by atoms with van der Waals surface area (Å²) in [6.07, 6.45) is 0.452.